The van der Waals surface area contributed by atoms with E-state index in [0.717, 1.165) is 5.69 Å². The summed E-state index contributed by atoms with van der Waals surface area (Å²) >= 11 is 0. The van der Waals surface area contributed by atoms with E-state index in [-0.39, 0.29) is 23.1 Å². The summed E-state index contributed by atoms with van der Waals surface area (Å²) in [6, 6.07) is 7.51. The highest BCUT2D eigenvalue weighted by Crippen LogP contribution is 2.23. The SMILES string of the molecule is CCC(N)c1nc(C(=O)Nc2ccc(C(C)(C)C)cc2)co1. The number of carbonyl (C=O) groups is 1. The van der Waals surface area contributed by atoms with Crippen LogP contribution in [0.3, 0.4) is 0 Å². The maximum Gasteiger partial charge on any atom is 0.277 e. The minimum absolute atomic E-state index is 0.0832. The fourth-order valence-corrected chi connectivity index (χ4v) is 1.99. The monoisotopic (exact) mass is 301 g/mol. The Morgan fingerprint density at radius 3 is 2.50 bits per heavy atom. The number of amides is 1. The number of nitrogens with zero attached hydrogens (tertiary/aromatic N) is 1. The Morgan fingerprint density at radius 2 is 1.95 bits per heavy atom. The van der Waals surface area contributed by atoms with Crippen molar-refractivity contribution >= 4 is 11.6 Å². The van der Waals surface area contributed by atoms with Crippen LogP contribution in [-0.2, 0) is 5.41 Å². The molecule has 0 saturated carbocycles. The Morgan fingerprint density at radius 1 is 1.32 bits per heavy atom. The highest BCUT2D eigenvalue weighted by Gasteiger charge is 2.17. The van der Waals surface area contributed by atoms with Gasteiger partial charge < -0.3 is 15.5 Å². The summed E-state index contributed by atoms with van der Waals surface area (Å²) in [5.74, 6) is 0.0811. The van der Waals surface area contributed by atoms with Crippen molar-refractivity contribution in [2.75, 3.05) is 5.32 Å². The van der Waals surface area contributed by atoms with Crippen LogP contribution in [0.5, 0.6) is 0 Å². The van der Waals surface area contributed by atoms with E-state index in [9.17, 15) is 4.79 Å². The second kappa shape index (κ2) is 6.32. The molecule has 0 saturated heterocycles. The number of hydrogen-bond acceptors (Lipinski definition) is 4. The molecule has 0 aliphatic heterocycles. The predicted molar refractivity (Wildman–Crippen MR) is 86.8 cm³/mol. The third kappa shape index (κ3) is 3.74. The van der Waals surface area contributed by atoms with Gasteiger partial charge in [0.25, 0.3) is 5.91 Å². The molecule has 0 aliphatic rings. The average Bonchev–Trinajstić information content (AvgIpc) is 2.96. The maximum absolute atomic E-state index is 12.1. The number of rotatable bonds is 4. The molecule has 0 bridgehead atoms. The molecule has 5 heteroatoms. The lowest BCUT2D eigenvalue weighted by molar-refractivity contribution is 0.102. The smallest absolute Gasteiger partial charge is 0.277 e. The molecule has 2 aromatic rings. The van der Waals surface area contributed by atoms with E-state index in [1.807, 2.05) is 31.2 Å². The van der Waals surface area contributed by atoms with Crippen molar-refractivity contribution in [2.24, 2.45) is 5.73 Å². The van der Waals surface area contributed by atoms with Crippen LogP contribution >= 0.6 is 0 Å². The number of benzene rings is 1. The van der Waals surface area contributed by atoms with Gasteiger partial charge in [0.1, 0.15) is 6.26 Å². The molecule has 1 aromatic heterocycles. The molecular formula is C17H23N3O2. The zero-order chi connectivity index (χ0) is 16.3. The van der Waals surface area contributed by atoms with Crippen molar-refractivity contribution in [1.29, 1.82) is 0 Å². The maximum atomic E-state index is 12.1. The minimum atomic E-state index is -0.304. The van der Waals surface area contributed by atoms with E-state index in [1.54, 1.807) is 0 Å². The second-order valence-corrected chi connectivity index (χ2v) is 6.37. The van der Waals surface area contributed by atoms with Crippen molar-refractivity contribution in [2.45, 2.75) is 45.6 Å². The molecule has 0 aliphatic carbocycles. The van der Waals surface area contributed by atoms with Crippen LogP contribution in [0, 0.1) is 0 Å². The number of anilines is 1. The highest BCUT2D eigenvalue weighted by atomic mass is 16.3. The number of carbonyl (C=O) groups excluding carboxylic acids is 1. The lowest BCUT2D eigenvalue weighted by atomic mass is 9.87. The topological polar surface area (TPSA) is 81.1 Å². The van der Waals surface area contributed by atoms with E-state index < -0.39 is 0 Å². The fourth-order valence-electron chi connectivity index (χ4n) is 1.99. The molecule has 0 fully saturated rings. The Bertz CT molecular complexity index is 639. The van der Waals surface area contributed by atoms with Crippen LogP contribution in [0.15, 0.2) is 34.9 Å². The molecule has 5 nitrogen and oxygen atoms in total. The summed E-state index contributed by atoms with van der Waals surface area (Å²) in [5, 5.41) is 2.80. The van der Waals surface area contributed by atoms with Crippen molar-refractivity contribution < 1.29 is 9.21 Å². The zero-order valence-corrected chi connectivity index (χ0v) is 13.5. The molecule has 1 atom stereocenters. The van der Waals surface area contributed by atoms with Crippen LogP contribution < -0.4 is 11.1 Å². The lowest BCUT2D eigenvalue weighted by Gasteiger charge is -2.19. The van der Waals surface area contributed by atoms with E-state index >= 15 is 0 Å². The van der Waals surface area contributed by atoms with Crippen LogP contribution in [0.1, 0.15) is 62.1 Å². The Labute approximate surface area is 130 Å². The van der Waals surface area contributed by atoms with E-state index in [1.165, 1.54) is 11.8 Å². The van der Waals surface area contributed by atoms with Crippen LogP contribution in [0.25, 0.3) is 0 Å². The molecule has 22 heavy (non-hydrogen) atoms. The van der Waals surface area contributed by atoms with Gasteiger partial charge in [-0.15, -0.1) is 0 Å². The fraction of sp³-hybridized carbons (Fsp3) is 0.412. The Hall–Kier alpha value is -2.14. The predicted octanol–water partition coefficient (Wildman–Crippen LogP) is 3.63. The van der Waals surface area contributed by atoms with Crippen molar-refractivity contribution in [3.8, 4) is 0 Å². The number of nitrogens with two attached hydrogens (primary N) is 1. The van der Waals surface area contributed by atoms with Gasteiger partial charge >= 0.3 is 0 Å². The van der Waals surface area contributed by atoms with Crippen LogP contribution in [0.4, 0.5) is 5.69 Å². The van der Waals surface area contributed by atoms with Crippen molar-refractivity contribution in [1.82, 2.24) is 4.98 Å². The lowest BCUT2D eigenvalue weighted by Crippen LogP contribution is -2.15. The first-order valence-corrected chi connectivity index (χ1v) is 7.44. The summed E-state index contributed by atoms with van der Waals surface area (Å²) in [6.07, 6.45) is 2.04. The van der Waals surface area contributed by atoms with E-state index in [0.29, 0.717) is 12.3 Å². The van der Waals surface area contributed by atoms with Gasteiger partial charge in [0.15, 0.2) is 5.69 Å². The number of aromatic nitrogens is 1. The minimum Gasteiger partial charge on any atom is -0.446 e. The molecule has 3 N–H and O–H groups in total. The number of oxazole rings is 1. The molecule has 1 unspecified atom stereocenters. The molecule has 118 valence electrons. The first-order chi connectivity index (χ1) is 10.3. The van der Waals surface area contributed by atoms with Gasteiger partial charge in [-0.25, -0.2) is 4.98 Å². The van der Waals surface area contributed by atoms with E-state index in [4.69, 9.17) is 10.2 Å². The summed E-state index contributed by atoms with van der Waals surface area (Å²) in [7, 11) is 0. The number of nitrogens with one attached hydrogen (secondary N) is 1. The summed E-state index contributed by atoms with van der Waals surface area (Å²) in [6.45, 7) is 8.38. The average molecular weight is 301 g/mol. The highest BCUT2D eigenvalue weighted by molar-refractivity contribution is 6.02. The first kappa shape index (κ1) is 16.2. The third-order valence-corrected chi connectivity index (χ3v) is 3.52. The largest absolute Gasteiger partial charge is 0.446 e. The summed E-state index contributed by atoms with van der Waals surface area (Å²) in [4.78, 5) is 16.3. The molecule has 2 rings (SSSR count). The van der Waals surface area contributed by atoms with Gasteiger partial charge in [-0.05, 0) is 29.5 Å². The van der Waals surface area contributed by atoms with Gasteiger partial charge in [-0.2, -0.15) is 0 Å². The van der Waals surface area contributed by atoms with Crippen LogP contribution in [0.2, 0.25) is 0 Å². The van der Waals surface area contributed by atoms with Gasteiger partial charge in [0, 0.05) is 5.69 Å². The quantitative estimate of drug-likeness (QED) is 0.903. The molecule has 0 spiro atoms. The number of hydrogen-bond donors (Lipinski definition) is 2. The van der Waals surface area contributed by atoms with Crippen molar-refractivity contribution in [3.05, 3.63) is 47.7 Å². The van der Waals surface area contributed by atoms with Gasteiger partial charge in [0.05, 0.1) is 6.04 Å². The molecular weight excluding hydrogens is 278 g/mol. The zero-order valence-electron chi connectivity index (χ0n) is 13.5. The van der Waals surface area contributed by atoms with Crippen LogP contribution in [-0.4, -0.2) is 10.9 Å². The summed E-state index contributed by atoms with van der Waals surface area (Å²) in [5.41, 5.74) is 8.08. The van der Waals surface area contributed by atoms with Gasteiger partial charge in [0.2, 0.25) is 5.89 Å². The second-order valence-electron chi connectivity index (χ2n) is 6.37. The standard InChI is InChI=1S/C17H23N3O2/c1-5-13(18)16-20-14(10-22-16)15(21)19-12-8-6-11(7-9-12)17(2,3)4/h6-10,13H,5,18H2,1-4H3,(H,19,21). The Balaban J connectivity index is 2.07. The molecule has 1 aromatic carbocycles. The van der Waals surface area contributed by atoms with E-state index in [2.05, 4.69) is 31.1 Å². The first-order valence-electron chi connectivity index (χ1n) is 7.44. The summed E-state index contributed by atoms with van der Waals surface area (Å²) < 4.78 is 5.24. The van der Waals surface area contributed by atoms with Crippen molar-refractivity contribution in [3.63, 3.8) is 0 Å². The van der Waals surface area contributed by atoms with Gasteiger partial charge in [-0.1, -0.05) is 39.8 Å². The van der Waals surface area contributed by atoms with Gasteiger partial charge in [-0.3, -0.25) is 4.79 Å². The Kier molecular flexibility index (Phi) is 4.66. The normalized spacial score (nSPS) is 13.0. The molecule has 0 radical (unpaired) electrons. The molecule has 1 heterocycles. The molecule has 1 amide bonds. The third-order valence-electron chi connectivity index (χ3n) is 3.52.